The Balaban J connectivity index is 1.13. The van der Waals surface area contributed by atoms with Gasteiger partial charge in [0, 0.05) is 90.1 Å². The van der Waals surface area contributed by atoms with Crippen LogP contribution in [-0.4, -0.2) is 134 Å². The summed E-state index contributed by atoms with van der Waals surface area (Å²) >= 11 is 6.31. The first-order valence-electron chi connectivity index (χ1n) is 17.9. The van der Waals surface area contributed by atoms with Gasteiger partial charge >= 0.3 is 18.2 Å². The first-order chi connectivity index (χ1) is 24.4. The summed E-state index contributed by atoms with van der Waals surface area (Å²) < 4.78 is 42.1. The van der Waals surface area contributed by atoms with E-state index in [-0.39, 0.29) is 40.7 Å². The zero-order chi connectivity index (χ0) is 36.3. The number of likely N-dealkylation sites (N-methyl/N-ethyl adjacent to an activating group) is 1. The number of amides is 5. The zero-order valence-electron chi connectivity index (χ0n) is 29.3. The van der Waals surface area contributed by atoms with Crippen molar-refractivity contribution in [1.82, 2.24) is 29.8 Å². The second kappa shape index (κ2) is 15.9. The summed E-state index contributed by atoms with van der Waals surface area (Å²) in [5.41, 5.74) is 0.916. The minimum atomic E-state index is -4.68. The normalized spacial score (nSPS) is 20.7. The number of para-hydroxylation sites is 1. The highest BCUT2D eigenvalue weighted by atomic mass is 35.5. The molecule has 0 bridgehead atoms. The average Bonchev–Trinajstić information content (AvgIpc) is 3.29. The van der Waals surface area contributed by atoms with E-state index in [0.717, 1.165) is 62.8 Å². The molecule has 2 aromatic carbocycles. The molecule has 0 aromatic heterocycles. The van der Waals surface area contributed by atoms with Gasteiger partial charge in [0.2, 0.25) is 5.91 Å². The Morgan fingerprint density at radius 1 is 0.922 bits per heavy atom. The maximum atomic E-state index is 14.1. The van der Waals surface area contributed by atoms with Gasteiger partial charge in [0.1, 0.15) is 6.04 Å². The van der Waals surface area contributed by atoms with Gasteiger partial charge in [-0.15, -0.1) is 0 Å². The lowest BCUT2D eigenvalue weighted by molar-refractivity contribution is -0.137. The smallest absolute Gasteiger partial charge is 0.386 e. The van der Waals surface area contributed by atoms with Crippen LogP contribution in [-0.2, 0) is 23.8 Å². The van der Waals surface area contributed by atoms with Gasteiger partial charge in [-0.3, -0.25) is 9.69 Å². The van der Waals surface area contributed by atoms with Gasteiger partial charge in [-0.1, -0.05) is 29.8 Å². The Morgan fingerprint density at radius 3 is 2.24 bits per heavy atom. The van der Waals surface area contributed by atoms with Crippen LogP contribution in [0.3, 0.4) is 0 Å². The molecule has 6 rings (SSSR count). The summed E-state index contributed by atoms with van der Waals surface area (Å²) in [5.74, 6) is -0.321. The Kier molecular flexibility index (Phi) is 11.5. The molecule has 3 fully saturated rings. The molecule has 3 N–H and O–H groups in total. The topological polar surface area (TPSA) is 103 Å². The molecule has 0 unspecified atom stereocenters. The number of urea groups is 2. The molecule has 4 heterocycles. The molecule has 2 aromatic rings. The second-order valence-corrected chi connectivity index (χ2v) is 14.5. The third-order valence-corrected chi connectivity index (χ3v) is 11.2. The molecule has 4 aliphatic rings. The van der Waals surface area contributed by atoms with Crippen LogP contribution in [0, 0.1) is 0 Å². The van der Waals surface area contributed by atoms with Gasteiger partial charge < -0.3 is 35.6 Å². The van der Waals surface area contributed by atoms with Crippen LogP contribution in [0.25, 0.3) is 0 Å². The van der Waals surface area contributed by atoms with Crippen LogP contribution < -0.4 is 16.0 Å². The quantitative estimate of drug-likeness (QED) is 0.378. The maximum Gasteiger partial charge on any atom is 0.418 e. The Bertz CT molecular complexity index is 1570. The molecule has 0 saturated carbocycles. The minimum Gasteiger partial charge on any atom is -0.386 e. The fourth-order valence-corrected chi connectivity index (χ4v) is 8.25. The summed E-state index contributed by atoms with van der Waals surface area (Å²) in [6.45, 7) is 6.26. The van der Waals surface area contributed by atoms with E-state index in [1.54, 1.807) is 9.80 Å². The molecular formula is C36H48ClF3N8O3. The van der Waals surface area contributed by atoms with E-state index in [9.17, 15) is 27.6 Å². The molecule has 0 aliphatic carbocycles. The highest BCUT2D eigenvalue weighted by molar-refractivity contribution is 6.33. The molecule has 278 valence electrons. The van der Waals surface area contributed by atoms with E-state index in [1.807, 2.05) is 29.2 Å². The summed E-state index contributed by atoms with van der Waals surface area (Å²) in [6, 6.07) is 8.75. The van der Waals surface area contributed by atoms with Gasteiger partial charge in [0.15, 0.2) is 0 Å². The molecule has 51 heavy (non-hydrogen) atoms. The van der Waals surface area contributed by atoms with Crippen molar-refractivity contribution in [2.24, 2.45) is 0 Å². The van der Waals surface area contributed by atoms with Gasteiger partial charge in [-0.25, -0.2) is 9.59 Å². The number of likely N-dealkylation sites (tertiary alicyclic amines) is 2. The SMILES string of the molecule is CNc1c(Cl)cc(C[C@@H](NC(=O)N2CCC(N3CCc4ccccc4NC3=O)CC2)C(=O)N2CCC(N3CCN(C)CC3)CC2)cc1C(F)(F)F. The van der Waals surface area contributed by atoms with Gasteiger partial charge in [0.05, 0.1) is 16.3 Å². The number of piperidine rings is 2. The van der Waals surface area contributed by atoms with Crippen molar-refractivity contribution in [3.05, 3.63) is 58.1 Å². The number of carbonyl (C=O) groups is 3. The number of nitrogens with one attached hydrogen (secondary N) is 3. The van der Waals surface area contributed by atoms with Crippen molar-refractivity contribution in [3.63, 3.8) is 0 Å². The van der Waals surface area contributed by atoms with Crippen molar-refractivity contribution < 1.29 is 27.6 Å². The number of anilines is 2. The van der Waals surface area contributed by atoms with E-state index in [2.05, 4.69) is 32.8 Å². The standard InChI is InChI=1S/C36H48ClF3N8O3/c1-41-32-28(36(38,39)40)21-24(22-29(32)37)23-31(33(49)46-12-8-26(9-13-46)45-19-17-44(2)18-20-45)43-34(50)47-14-10-27(11-15-47)48-16-7-25-5-3-4-6-30(25)42-35(48)51/h3-6,21-22,26-27,31,41H,7-20,23H2,1-2H3,(H,42,51)(H,43,50)/t31-/m1/s1. The van der Waals surface area contributed by atoms with Crippen molar-refractivity contribution in [1.29, 1.82) is 0 Å². The molecular weight excluding hydrogens is 685 g/mol. The molecule has 4 aliphatic heterocycles. The van der Waals surface area contributed by atoms with Gasteiger partial charge in [0.25, 0.3) is 0 Å². The van der Waals surface area contributed by atoms with Crippen LogP contribution in [0.4, 0.5) is 34.1 Å². The Labute approximate surface area is 302 Å². The molecule has 0 spiro atoms. The predicted molar refractivity (Wildman–Crippen MR) is 191 cm³/mol. The Hall–Kier alpha value is -3.75. The number of halogens is 4. The summed E-state index contributed by atoms with van der Waals surface area (Å²) in [5, 5.41) is 8.32. The highest BCUT2D eigenvalue weighted by Crippen LogP contribution is 2.39. The lowest BCUT2D eigenvalue weighted by Gasteiger charge is -2.42. The van der Waals surface area contributed by atoms with Crippen LogP contribution in [0.5, 0.6) is 0 Å². The maximum absolute atomic E-state index is 14.1. The Morgan fingerprint density at radius 2 is 1.57 bits per heavy atom. The molecule has 5 amide bonds. The molecule has 15 heteroatoms. The predicted octanol–water partition coefficient (Wildman–Crippen LogP) is 4.81. The molecule has 3 saturated heterocycles. The minimum absolute atomic E-state index is 0.0592. The van der Waals surface area contributed by atoms with Gasteiger partial charge in [-0.05, 0) is 68.5 Å². The van der Waals surface area contributed by atoms with Crippen LogP contribution in [0.2, 0.25) is 5.02 Å². The summed E-state index contributed by atoms with van der Waals surface area (Å²) in [6.07, 6.45) is -1.40. The first kappa shape index (κ1) is 37.0. The number of hydrogen-bond acceptors (Lipinski definition) is 6. The lowest BCUT2D eigenvalue weighted by atomic mass is 9.98. The summed E-state index contributed by atoms with van der Waals surface area (Å²) in [4.78, 5) is 50.9. The number of carbonyl (C=O) groups excluding carboxylic acids is 3. The van der Waals surface area contributed by atoms with E-state index >= 15 is 0 Å². The number of piperazine rings is 1. The second-order valence-electron chi connectivity index (χ2n) is 14.1. The summed E-state index contributed by atoms with van der Waals surface area (Å²) in [7, 11) is 3.48. The number of rotatable bonds is 7. The average molecular weight is 733 g/mol. The van der Waals surface area contributed by atoms with E-state index < -0.39 is 23.8 Å². The van der Waals surface area contributed by atoms with Crippen molar-refractivity contribution in [3.8, 4) is 0 Å². The third kappa shape index (κ3) is 8.66. The molecule has 11 nitrogen and oxygen atoms in total. The van der Waals surface area contributed by atoms with Crippen LogP contribution in [0.15, 0.2) is 36.4 Å². The van der Waals surface area contributed by atoms with Crippen LogP contribution >= 0.6 is 11.6 Å². The number of alkyl halides is 3. The van der Waals surface area contributed by atoms with E-state index in [4.69, 9.17) is 11.6 Å². The van der Waals surface area contributed by atoms with Crippen molar-refractivity contribution >= 4 is 40.9 Å². The third-order valence-electron chi connectivity index (χ3n) is 10.9. The number of nitrogens with zero attached hydrogens (tertiary/aromatic N) is 5. The number of benzene rings is 2. The number of fused-ring (bicyclic) bond motifs is 1. The monoisotopic (exact) mass is 732 g/mol. The molecule has 0 radical (unpaired) electrons. The van der Waals surface area contributed by atoms with Crippen LogP contribution in [0.1, 0.15) is 42.4 Å². The molecule has 1 atom stereocenters. The first-order valence-corrected chi connectivity index (χ1v) is 18.3. The van der Waals surface area contributed by atoms with E-state index in [1.165, 1.54) is 13.1 Å². The fourth-order valence-electron chi connectivity index (χ4n) is 7.91. The number of hydrogen-bond donors (Lipinski definition) is 3. The largest absolute Gasteiger partial charge is 0.418 e. The van der Waals surface area contributed by atoms with E-state index in [0.29, 0.717) is 51.6 Å². The van der Waals surface area contributed by atoms with Crippen molar-refractivity contribution in [2.75, 3.05) is 83.6 Å². The highest BCUT2D eigenvalue weighted by Gasteiger charge is 2.38. The zero-order valence-corrected chi connectivity index (χ0v) is 30.0. The fraction of sp³-hybridized carbons (Fsp3) is 0.583. The van der Waals surface area contributed by atoms with Crippen molar-refractivity contribution in [2.45, 2.75) is 62.8 Å². The van der Waals surface area contributed by atoms with Gasteiger partial charge in [-0.2, -0.15) is 13.2 Å². The lowest BCUT2D eigenvalue weighted by Crippen LogP contribution is -2.58.